The van der Waals surface area contributed by atoms with Crippen LogP contribution in [0.5, 0.6) is 0 Å². The quantitative estimate of drug-likeness (QED) is 0.162. The fourth-order valence-corrected chi connectivity index (χ4v) is 11.5. The van der Waals surface area contributed by atoms with Crippen LogP contribution < -0.4 is 0 Å². The second-order valence-electron chi connectivity index (χ2n) is 17.1. The van der Waals surface area contributed by atoms with E-state index in [0.717, 1.165) is 39.0 Å². The fourth-order valence-electron chi connectivity index (χ4n) is 10.4. The van der Waals surface area contributed by atoms with Gasteiger partial charge in [0.1, 0.15) is 0 Å². The normalized spacial score (nSPS) is 11.9. The third-order valence-corrected chi connectivity index (χ3v) is 14.5. The van der Waals surface area contributed by atoms with E-state index in [-0.39, 0.29) is 0 Å². The largest absolute Gasteiger partial charge is 0.309 e. The van der Waals surface area contributed by atoms with Gasteiger partial charge in [-0.3, -0.25) is 0 Å². The van der Waals surface area contributed by atoms with Gasteiger partial charge in [-0.25, -0.2) is 15.0 Å². The number of rotatable bonds is 5. The summed E-state index contributed by atoms with van der Waals surface area (Å²) in [6, 6.07) is 78.7. The molecule has 14 rings (SSSR count). The molecule has 0 N–H and O–H groups in total. The van der Waals surface area contributed by atoms with Crippen LogP contribution in [-0.2, 0) is 0 Å². The molecule has 0 bridgehead atoms. The fraction of sp³-hybridized carbons (Fsp3) is 0. The molecule has 0 aliphatic rings. The molecule has 5 heteroatoms. The van der Waals surface area contributed by atoms with E-state index in [1.807, 2.05) is 29.5 Å². The van der Waals surface area contributed by atoms with Crippen molar-refractivity contribution in [1.82, 2.24) is 19.5 Å². The molecule has 306 valence electrons. The Labute approximate surface area is 383 Å². The van der Waals surface area contributed by atoms with Gasteiger partial charge in [0.2, 0.25) is 0 Å². The predicted molar refractivity (Wildman–Crippen MR) is 279 cm³/mol. The van der Waals surface area contributed by atoms with Crippen LogP contribution in [-0.4, -0.2) is 19.5 Å². The number of hydrogen-bond donors (Lipinski definition) is 0. The molecular formula is C61H36N4S. The minimum absolute atomic E-state index is 0.619. The molecule has 11 aromatic carbocycles. The van der Waals surface area contributed by atoms with Gasteiger partial charge in [0.15, 0.2) is 17.5 Å². The monoisotopic (exact) mass is 856 g/mol. The lowest BCUT2D eigenvalue weighted by molar-refractivity contribution is 1.07. The zero-order valence-electron chi connectivity index (χ0n) is 35.5. The standard InChI is InChI=1S/C61H36N4S/c1-2-15-37(16-3-1)59-62-60(40-29-31-46-44-21-7-6-19-42(44)43-20-8-9-22-45(43)51(46)34-40)64-61(63-59)49-32-30-41(36-52(49)48-25-14-28-57-58(48)50-24-11-13-27-56(50)66-57)65-54-26-12-10-23-47(54)53-33-38-17-4-5-18-39(38)35-55(53)65/h1-36H. The summed E-state index contributed by atoms with van der Waals surface area (Å²) < 4.78 is 4.93. The molecule has 14 aromatic rings. The van der Waals surface area contributed by atoms with Gasteiger partial charge in [0.05, 0.1) is 11.0 Å². The van der Waals surface area contributed by atoms with Crippen LogP contribution in [0.4, 0.5) is 0 Å². The van der Waals surface area contributed by atoms with E-state index in [0.29, 0.717) is 17.5 Å². The molecule has 3 heterocycles. The van der Waals surface area contributed by atoms with Crippen LogP contribution >= 0.6 is 11.3 Å². The van der Waals surface area contributed by atoms with Crippen molar-refractivity contribution in [2.45, 2.75) is 0 Å². The molecule has 0 amide bonds. The average molecular weight is 857 g/mol. The molecule has 4 nitrogen and oxygen atoms in total. The highest BCUT2D eigenvalue weighted by Gasteiger charge is 2.22. The number of hydrogen-bond acceptors (Lipinski definition) is 4. The first-order chi connectivity index (χ1) is 32.7. The molecule has 0 aliphatic carbocycles. The number of benzene rings is 11. The molecule has 0 spiro atoms. The maximum absolute atomic E-state index is 5.46. The minimum atomic E-state index is 0.619. The predicted octanol–water partition coefficient (Wildman–Crippen LogP) is 16.6. The highest BCUT2D eigenvalue weighted by Crippen LogP contribution is 2.45. The first-order valence-corrected chi connectivity index (χ1v) is 23.2. The van der Waals surface area contributed by atoms with Crippen LogP contribution in [0.3, 0.4) is 0 Å². The summed E-state index contributed by atoms with van der Waals surface area (Å²) in [6.45, 7) is 0. The number of thiophene rings is 1. The zero-order valence-corrected chi connectivity index (χ0v) is 36.3. The van der Waals surface area contributed by atoms with Crippen molar-refractivity contribution in [2.24, 2.45) is 0 Å². The Hall–Kier alpha value is -8.51. The van der Waals surface area contributed by atoms with E-state index in [1.54, 1.807) is 0 Å². The topological polar surface area (TPSA) is 43.6 Å². The molecule has 0 fully saturated rings. The molecule has 0 aliphatic heterocycles. The Kier molecular flexibility index (Phi) is 8.12. The average Bonchev–Trinajstić information content (AvgIpc) is 3.93. The van der Waals surface area contributed by atoms with Gasteiger partial charge < -0.3 is 4.57 Å². The van der Waals surface area contributed by atoms with Gasteiger partial charge in [-0.2, -0.15) is 0 Å². The Morgan fingerprint density at radius 1 is 0.303 bits per heavy atom. The van der Waals surface area contributed by atoms with Crippen molar-refractivity contribution in [3.63, 3.8) is 0 Å². The summed E-state index contributed by atoms with van der Waals surface area (Å²) in [5.41, 5.74) is 8.39. The van der Waals surface area contributed by atoms with Crippen molar-refractivity contribution < 1.29 is 0 Å². The first-order valence-electron chi connectivity index (χ1n) is 22.3. The van der Waals surface area contributed by atoms with E-state index in [2.05, 4.69) is 205 Å². The van der Waals surface area contributed by atoms with Crippen LogP contribution in [0, 0.1) is 0 Å². The Balaban J connectivity index is 1.06. The van der Waals surface area contributed by atoms with Gasteiger partial charge >= 0.3 is 0 Å². The smallest absolute Gasteiger partial charge is 0.164 e. The van der Waals surface area contributed by atoms with Crippen molar-refractivity contribution in [2.75, 3.05) is 0 Å². The molecule has 0 saturated heterocycles. The summed E-state index contributed by atoms with van der Waals surface area (Å²) >= 11 is 1.83. The number of fused-ring (bicyclic) bond motifs is 13. The number of aromatic nitrogens is 4. The third-order valence-electron chi connectivity index (χ3n) is 13.4. The summed E-state index contributed by atoms with van der Waals surface area (Å²) in [5.74, 6) is 1.87. The van der Waals surface area contributed by atoms with Gasteiger partial charge in [0, 0.05) is 53.3 Å². The molecule has 0 atom stereocenters. The Morgan fingerprint density at radius 3 is 1.67 bits per heavy atom. The van der Waals surface area contributed by atoms with Crippen molar-refractivity contribution in [3.05, 3.63) is 218 Å². The molecular weight excluding hydrogens is 821 g/mol. The lowest BCUT2D eigenvalue weighted by atomic mass is 9.93. The van der Waals surface area contributed by atoms with Gasteiger partial charge in [-0.1, -0.05) is 164 Å². The number of nitrogens with zero attached hydrogens (tertiary/aromatic N) is 4. The van der Waals surface area contributed by atoms with Gasteiger partial charge in [-0.05, 0) is 109 Å². The molecule has 0 radical (unpaired) electrons. The van der Waals surface area contributed by atoms with E-state index in [9.17, 15) is 0 Å². The van der Waals surface area contributed by atoms with Crippen molar-refractivity contribution in [3.8, 4) is 51.0 Å². The molecule has 3 aromatic heterocycles. The Bertz CT molecular complexity index is 4260. The third kappa shape index (κ3) is 5.67. The van der Waals surface area contributed by atoms with Crippen molar-refractivity contribution in [1.29, 1.82) is 0 Å². The van der Waals surface area contributed by atoms with Gasteiger partial charge in [0.25, 0.3) is 0 Å². The van der Waals surface area contributed by atoms with Crippen molar-refractivity contribution >= 4 is 96.4 Å². The summed E-state index contributed by atoms with van der Waals surface area (Å²) in [6.07, 6.45) is 0. The van der Waals surface area contributed by atoms with E-state index in [1.165, 1.54) is 79.6 Å². The summed E-state index contributed by atoms with van der Waals surface area (Å²) in [7, 11) is 0. The number of para-hydroxylation sites is 1. The summed E-state index contributed by atoms with van der Waals surface area (Å²) in [5, 5.41) is 14.7. The SMILES string of the molecule is c1ccc(-c2nc(-c3ccc4c5ccccc5c5ccccc5c4c3)nc(-c3ccc(-n4c5ccccc5c5cc6ccccc6cc54)cc3-c3cccc4sc5ccccc5c34)n2)cc1. The highest BCUT2D eigenvalue weighted by molar-refractivity contribution is 7.25. The van der Waals surface area contributed by atoms with Crippen LogP contribution in [0.1, 0.15) is 0 Å². The van der Waals surface area contributed by atoms with Gasteiger partial charge in [-0.15, -0.1) is 11.3 Å². The minimum Gasteiger partial charge on any atom is -0.309 e. The van der Waals surface area contributed by atoms with Crippen LogP contribution in [0.15, 0.2) is 218 Å². The van der Waals surface area contributed by atoms with Crippen LogP contribution in [0.2, 0.25) is 0 Å². The second-order valence-corrected chi connectivity index (χ2v) is 18.2. The molecule has 0 unspecified atom stereocenters. The maximum Gasteiger partial charge on any atom is 0.164 e. The first kappa shape index (κ1) is 36.9. The molecule has 0 saturated carbocycles. The lowest BCUT2D eigenvalue weighted by Crippen LogP contribution is -2.02. The Morgan fingerprint density at radius 2 is 0.894 bits per heavy atom. The van der Waals surface area contributed by atoms with E-state index < -0.39 is 0 Å². The van der Waals surface area contributed by atoms with E-state index in [4.69, 9.17) is 15.0 Å². The van der Waals surface area contributed by atoms with E-state index >= 15 is 0 Å². The maximum atomic E-state index is 5.46. The lowest BCUT2D eigenvalue weighted by Gasteiger charge is -2.17. The second kappa shape index (κ2) is 14.5. The molecule has 66 heavy (non-hydrogen) atoms. The summed E-state index contributed by atoms with van der Waals surface area (Å²) in [4.78, 5) is 16.1. The zero-order chi connectivity index (χ0) is 43.3. The van der Waals surface area contributed by atoms with Crippen LogP contribution in [0.25, 0.3) is 136 Å². The highest BCUT2D eigenvalue weighted by atomic mass is 32.1.